The molecule has 2 aliphatic heterocycles. The molecule has 11 nitrogen and oxygen atoms in total. The molecule has 13 heteroatoms. The van der Waals surface area contributed by atoms with Gasteiger partial charge in [-0.15, -0.1) is 0 Å². The highest BCUT2D eigenvalue weighted by Crippen LogP contribution is 2.34. The van der Waals surface area contributed by atoms with Crippen LogP contribution in [-0.4, -0.2) is 65.1 Å². The zero-order chi connectivity index (χ0) is 26.2. The Hall–Kier alpha value is -3.74. The number of aromatic nitrogens is 5. The lowest BCUT2D eigenvalue weighted by Gasteiger charge is -2.37. The van der Waals surface area contributed by atoms with Crippen molar-refractivity contribution in [1.82, 2.24) is 29.6 Å². The van der Waals surface area contributed by atoms with Crippen LogP contribution in [0.2, 0.25) is 0 Å². The van der Waals surface area contributed by atoms with Crippen molar-refractivity contribution in [2.75, 3.05) is 35.7 Å². The van der Waals surface area contributed by atoms with Crippen LogP contribution >= 0.6 is 0 Å². The highest BCUT2D eigenvalue weighted by atomic mass is 32.2. The van der Waals surface area contributed by atoms with Gasteiger partial charge in [0.15, 0.2) is 11.6 Å². The maximum atomic E-state index is 14.7. The molecule has 2 aliphatic rings. The predicted molar refractivity (Wildman–Crippen MR) is 135 cm³/mol. The van der Waals surface area contributed by atoms with Crippen molar-refractivity contribution in [1.29, 1.82) is 0 Å². The number of nitrogens with one attached hydrogen (secondary N) is 1. The van der Waals surface area contributed by atoms with Gasteiger partial charge in [-0.05, 0) is 25.8 Å². The van der Waals surface area contributed by atoms with Crippen LogP contribution in [0.3, 0.4) is 0 Å². The molecule has 1 saturated heterocycles. The zero-order valence-corrected chi connectivity index (χ0v) is 21.3. The summed E-state index contributed by atoms with van der Waals surface area (Å²) in [6.07, 6.45) is 7.57. The Labute approximate surface area is 214 Å². The molecular weight excluding hydrogens is 499 g/mol. The number of hydrogen-bond acceptors (Lipinski definition) is 10. The van der Waals surface area contributed by atoms with E-state index in [-0.39, 0.29) is 6.04 Å². The number of pyridine rings is 1. The number of carbonyl (C=O) groups is 1. The monoisotopic (exact) mass is 526 g/mol. The van der Waals surface area contributed by atoms with Gasteiger partial charge in [0.2, 0.25) is 15.9 Å². The van der Waals surface area contributed by atoms with Crippen molar-refractivity contribution < 1.29 is 17.6 Å². The van der Waals surface area contributed by atoms with E-state index in [1.807, 2.05) is 21.4 Å². The fourth-order valence-corrected chi connectivity index (χ4v) is 5.35. The van der Waals surface area contributed by atoms with Crippen LogP contribution < -0.4 is 14.5 Å². The summed E-state index contributed by atoms with van der Waals surface area (Å²) in [4.78, 5) is 38.5. The number of rotatable bonds is 5. The number of sulfonamides is 1. The van der Waals surface area contributed by atoms with E-state index >= 15 is 0 Å². The van der Waals surface area contributed by atoms with E-state index in [1.165, 1.54) is 12.1 Å². The minimum atomic E-state index is -3.60. The summed E-state index contributed by atoms with van der Waals surface area (Å²) in [6.45, 7) is 3.55. The number of fused-ring (bicyclic) bond motifs is 1. The summed E-state index contributed by atoms with van der Waals surface area (Å²) in [6, 6.07) is 4.42. The molecule has 1 atom stereocenters. The van der Waals surface area contributed by atoms with Crippen molar-refractivity contribution in [2.45, 2.75) is 32.2 Å². The van der Waals surface area contributed by atoms with Gasteiger partial charge >= 0.3 is 0 Å². The van der Waals surface area contributed by atoms with E-state index in [2.05, 4.69) is 19.9 Å². The molecule has 3 aromatic rings. The summed E-state index contributed by atoms with van der Waals surface area (Å²) >= 11 is 0. The first kappa shape index (κ1) is 24.9. The van der Waals surface area contributed by atoms with Crippen LogP contribution in [0.15, 0.2) is 36.8 Å². The smallest absolute Gasteiger partial charge is 0.236 e. The molecule has 0 aromatic carbocycles. The number of nitrogens with zero attached hydrogens (tertiary/aromatic N) is 7. The van der Waals surface area contributed by atoms with Crippen molar-refractivity contribution >= 4 is 27.6 Å². The van der Waals surface area contributed by atoms with Gasteiger partial charge in [-0.2, -0.15) is 0 Å². The van der Waals surface area contributed by atoms with Crippen molar-refractivity contribution in [3.8, 4) is 11.6 Å². The second-order valence-electron chi connectivity index (χ2n) is 9.29. The standard InChI is InChI=1S/C24H27FN8O3S/c1-15-18-14-28-23(22-26-7-3-8-27-22)29-19(18)6-11-33(15)21-13-17(25)12-20(30-21)32-9-4-16(5-10-32)24(34)31-37(2,35)36/h3,7-8,12-16H,4-6,9-11H2,1-2H3,(H,31,34). The average Bonchev–Trinajstić information content (AvgIpc) is 2.88. The number of carbonyl (C=O) groups excluding carboxylic acids is 1. The van der Waals surface area contributed by atoms with Crippen LogP contribution in [0.1, 0.15) is 37.1 Å². The fraction of sp³-hybridized carbons (Fsp3) is 0.417. The number of halogens is 1. The maximum Gasteiger partial charge on any atom is 0.236 e. The molecule has 0 radical (unpaired) electrons. The third-order valence-corrected chi connectivity index (χ3v) is 7.28. The summed E-state index contributed by atoms with van der Waals surface area (Å²) in [5, 5.41) is 0. The van der Waals surface area contributed by atoms with Gasteiger partial charge in [0.05, 0.1) is 18.0 Å². The first-order valence-corrected chi connectivity index (χ1v) is 13.9. The zero-order valence-electron chi connectivity index (χ0n) is 20.5. The average molecular weight is 527 g/mol. The van der Waals surface area contributed by atoms with E-state index in [1.54, 1.807) is 24.7 Å². The maximum absolute atomic E-state index is 14.7. The molecule has 5 heterocycles. The number of piperidine rings is 1. The number of anilines is 2. The Bertz CT molecular complexity index is 1410. The highest BCUT2D eigenvalue weighted by molar-refractivity contribution is 7.89. The lowest BCUT2D eigenvalue weighted by molar-refractivity contribution is -0.123. The summed E-state index contributed by atoms with van der Waals surface area (Å²) < 4.78 is 39.5. The number of amides is 1. The summed E-state index contributed by atoms with van der Waals surface area (Å²) in [5.41, 5.74) is 1.85. The van der Waals surface area contributed by atoms with Crippen molar-refractivity contribution in [3.63, 3.8) is 0 Å². The molecular formula is C24H27FN8O3S. The third kappa shape index (κ3) is 5.50. The molecule has 0 bridgehead atoms. The molecule has 3 aromatic heterocycles. The van der Waals surface area contributed by atoms with Gasteiger partial charge in [-0.3, -0.25) is 9.52 Å². The molecule has 194 valence electrons. The SMILES string of the molecule is CC1c2cnc(-c3ncccn3)nc2CCN1c1cc(F)cc(N2CCC(C(=O)NS(C)(=O)=O)CC2)n1. The lowest BCUT2D eigenvalue weighted by atomic mass is 9.96. The van der Waals surface area contributed by atoms with E-state index in [9.17, 15) is 17.6 Å². The van der Waals surface area contributed by atoms with Crippen LogP contribution in [0.4, 0.5) is 16.0 Å². The lowest BCUT2D eigenvalue weighted by Crippen LogP contribution is -2.42. The van der Waals surface area contributed by atoms with Gasteiger partial charge < -0.3 is 9.80 Å². The summed E-state index contributed by atoms with van der Waals surface area (Å²) in [7, 11) is -3.60. The van der Waals surface area contributed by atoms with Crippen molar-refractivity contribution in [3.05, 3.63) is 53.9 Å². The molecule has 1 fully saturated rings. The van der Waals surface area contributed by atoms with Gasteiger partial charge in [0.25, 0.3) is 0 Å². The largest absolute Gasteiger partial charge is 0.356 e. The Kier molecular flexibility index (Phi) is 6.71. The molecule has 0 spiro atoms. The quantitative estimate of drug-likeness (QED) is 0.525. The van der Waals surface area contributed by atoms with Gasteiger partial charge in [-0.25, -0.2) is 37.7 Å². The van der Waals surface area contributed by atoms with Crippen LogP contribution in [0, 0.1) is 11.7 Å². The topological polar surface area (TPSA) is 134 Å². The van der Waals surface area contributed by atoms with Crippen LogP contribution in [0.5, 0.6) is 0 Å². The minimum absolute atomic E-state index is 0.123. The molecule has 1 unspecified atom stereocenters. The Balaban J connectivity index is 1.32. The molecule has 37 heavy (non-hydrogen) atoms. The van der Waals surface area contributed by atoms with E-state index in [4.69, 9.17) is 4.98 Å². The minimum Gasteiger partial charge on any atom is -0.356 e. The van der Waals surface area contributed by atoms with E-state index in [0.29, 0.717) is 62.2 Å². The summed E-state index contributed by atoms with van der Waals surface area (Å²) in [5.74, 6) is 0.629. The highest BCUT2D eigenvalue weighted by Gasteiger charge is 2.30. The first-order valence-electron chi connectivity index (χ1n) is 12.0. The van der Waals surface area contributed by atoms with Gasteiger partial charge in [0, 0.05) is 68.3 Å². The second-order valence-corrected chi connectivity index (χ2v) is 11.0. The van der Waals surface area contributed by atoms with Crippen LogP contribution in [0.25, 0.3) is 11.6 Å². The van der Waals surface area contributed by atoms with Crippen LogP contribution in [-0.2, 0) is 21.2 Å². The number of hydrogen-bond donors (Lipinski definition) is 1. The fourth-order valence-electron chi connectivity index (χ4n) is 4.82. The van der Waals surface area contributed by atoms with E-state index in [0.717, 1.165) is 17.5 Å². The molecule has 0 aliphatic carbocycles. The molecule has 1 amide bonds. The van der Waals surface area contributed by atoms with Crippen molar-refractivity contribution in [2.24, 2.45) is 5.92 Å². The first-order chi connectivity index (χ1) is 17.7. The molecule has 5 rings (SSSR count). The predicted octanol–water partition coefficient (Wildman–Crippen LogP) is 1.88. The second kappa shape index (κ2) is 9.96. The van der Waals surface area contributed by atoms with E-state index < -0.39 is 27.7 Å². The Morgan fingerprint density at radius 1 is 1.03 bits per heavy atom. The molecule has 0 saturated carbocycles. The normalized spacial score (nSPS) is 18.4. The van der Waals surface area contributed by atoms with Gasteiger partial charge in [0.1, 0.15) is 17.5 Å². The van der Waals surface area contributed by atoms with Gasteiger partial charge in [-0.1, -0.05) is 0 Å². The molecule has 1 N–H and O–H groups in total. The Morgan fingerprint density at radius 3 is 2.43 bits per heavy atom. The Morgan fingerprint density at radius 2 is 1.73 bits per heavy atom. The third-order valence-electron chi connectivity index (χ3n) is 6.71.